The number of ether oxygens (including phenoxy) is 1. The normalized spacial score (nSPS) is 15.9. The van der Waals surface area contributed by atoms with Gasteiger partial charge >= 0.3 is 6.36 Å². The lowest BCUT2D eigenvalue weighted by molar-refractivity contribution is -0.274. The Bertz CT molecular complexity index is 782. The second-order valence-electron chi connectivity index (χ2n) is 5.76. The standard InChI is InChI=1S/C16H15F3N2O2S/c1-9-13(24-10(2)20-9)14(22)21-15(6-7-15)11-4-3-5-12(8-11)23-16(17,18)19/h3-5,8H,6-7H2,1-2H3,(H,21,22). The Morgan fingerprint density at radius 3 is 2.58 bits per heavy atom. The molecule has 128 valence electrons. The summed E-state index contributed by atoms with van der Waals surface area (Å²) in [6.45, 7) is 3.58. The van der Waals surface area contributed by atoms with Crippen LogP contribution in [0.15, 0.2) is 24.3 Å². The van der Waals surface area contributed by atoms with Gasteiger partial charge < -0.3 is 10.1 Å². The van der Waals surface area contributed by atoms with Gasteiger partial charge in [-0.05, 0) is 44.4 Å². The number of carbonyl (C=O) groups excluding carboxylic acids is 1. The van der Waals surface area contributed by atoms with Crippen molar-refractivity contribution >= 4 is 17.2 Å². The third kappa shape index (κ3) is 3.53. The van der Waals surface area contributed by atoms with Crippen LogP contribution in [-0.4, -0.2) is 17.3 Å². The van der Waals surface area contributed by atoms with E-state index >= 15 is 0 Å². The van der Waals surface area contributed by atoms with E-state index in [1.54, 1.807) is 13.0 Å². The molecule has 1 saturated carbocycles. The molecule has 3 rings (SSSR count). The molecule has 0 radical (unpaired) electrons. The van der Waals surface area contributed by atoms with Crippen molar-refractivity contribution in [1.29, 1.82) is 0 Å². The molecule has 8 heteroatoms. The molecule has 1 N–H and O–H groups in total. The SMILES string of the molecule is Cc1nc(C)c(C(=O)NC2(c3cccc(OC(F)(F)F)c3)CC2)s1. The molecule has 0 bridgehead atoms. The van der Waals surface area contributed by atoms with Gasteiger partial charge in [0.15, 0.2) is 0 Å². The van der Waals surface area contributed by atoms with E-state index < -0.39 is 11.9 Å². The van der Waals surface area contributed by atoms with Gasteiger partial charge in [-0.15, -0.1) is 24.5 Å². The van der Waals surface area contributed by atoms with Crippen molar-refractivity contribution in [2.45, 2.75) is 38.6 Å². The Balaban J connectivity index is 1.80. The summed E-state index contributed by atoms with van der Waals surface area (Å²) in [6.07, 6.45) is -3.40. The Labute approximate surface area is 140 Å². The number of hydrogen-bond acceptors (Lipinski definition) is 4. The minimum absolute atomic E-state index is 0.252. The average Bonchev–Trinajstić information content (AvgIpc) is 3.16. The molecule has 0 spiro atoms. The van der Waals surface area contributed by atoms with Crippen molar-refractivity contribution < 1.29 is 22.7 Å². The summed E-state index contributed by atoms with van der Waals surface area (Å²) in [4.78, 5) is 17.2. The molecule has 1 aromatic carbocycles. The molecule has 1 heterocycles. The fraction of sp³-hybridized carbons (Fsp3) is 0.375. The molecule has 24 heavy (non-hydrogen) atoms. The van der Waals surface area contributed by atoms with Crippen LogP contribution in [0, 0.1) is 13.8 Å². The molecule has 1 amide bonds. The molecule has 4 nitrogen and oxygen atoms in total. The molecule has 0 saturated heterocycles. The molecule has 1 fully saturated rings. The lowest BCUT2D eigenvalue weighted by atomic mass is 10.0. The van der Waals surface area contributed by atoms with Crippen LogP contribution in [-0.2, 0) is 5.54 Å². The van der Waals surface area contributed by atoms with Crippen LogP contribution in [0.3, 0.4) is 0 Å². The maximum absolute atomic E-state index is 12.5. The Morgan fingerprint density at radius 2 is 2.04 bits per heavy atom. The zero-order chi connectivity index (χ0) is 17.5. The lowest BCUT2D eigenvalue weighted by Gasteiger charge is -2.19. The van der Waals surface area contributed by atoms with E-state index in [1.165, 1.54) is 29.5 Å². The molecule has 2 aromatic rings. The fourth-order valence-corrected chi connectivity index (χ4v) is 3.43. The quantitative estimate of drug-likeness (QED) is 0.898. The Hall–Kier alpha value is -2.09. The zero-order valence-electron chi connectivity index (χ0n) is 13.0. The predicted molar refractivity (Wildman–Crippen MR) is 83.1 cm³/mol. The molecule has 1 aliphatic rings. The van der Waals surface area contributed by atoms with Gasteiger partial charge in [0.1, 0.15) is 10.6 Å². The van der Waals surface area contributed by atoms with Crippen LogP contribution in [0.1, 0.15) is 38.8 Å². The lowest BCUT2D eigenvalue weighted by Crippen LogP contribution is -2.34. The summed E-state index contributed by atoms with van der Waals surface area (Å²) in [6, 6.07) is 5.75. The van der Waals surface area contributed by atoms with E-state index in [0.29, 0.717) is 29.0 Å². The number of rotatable bonds is 4. The van der Waals surface area contributed by atoms with Crippen molar-refractivity contribution in [3.8, 4) is 5.75 Å². The van der Waals surface area contributed by atoms with Crippen molar-refractivity contribution in [3.63, 3.8) is 0 Å². The topological polar surface area (TPSA) is 51.2 Å². The molecular formula is C16H15F3N2O2S. The predicted octanol–water partition coefficient (Wildman–Crippen LogP) is 4.08. The van der Waals surface area contributed by atoms with Crippen LogP contribution in [0.4, 0.5) is 13.2 Å². The number of alkyl halides is 3. The molecule has 1 aliphatic carbocycles. The van der Waals surface area contributed by atoms with E-state index in [1.807, 2.05) is 6.92 Å². The van der Waals surface area contributed by atoms with Gasteiger partial charge in [-0.25, -0.2) is 4.98 Å². The summed E-state index contributed by atoms with van der Waals surface area (Å²) in [5, 5.41) is 3.73. The number of nitrogens with zero attached hydrogens (tertiary/aromatic N) is 1. The number of carbonyl (C=O) groups is 1. The van der Waals surface area contributed by atoms with Crippen molar-refractivity contribution in [2.75, 3.05) is 0 Å². The van der Waals surface area contributed by atoms with E-state index in [4.69, 9.17) is 0 Å². The molecule has 0 unspecified atom stereocenters. The van der Waals surface area contributed by atoms with Gasteiger partial charge in [0.25, 0.3) is 5.91 Å². The van der Waals surface area contributed by atoms with Gasteiger partial charge in [0.05, 0.1) is 16.2 Å². The highest BCUT2D eigenvalue weighted by Crippen LogP contribution is 2.46. The minimum Gasteiger partial charge on any atom is -0.406 e. The first-order chi connectivity index (χ1) is 11.2. The third-order valence-electron chi connectivity index (χ3n) is 3.83. The highest BCUT2D eigenvalue weighted by molar-refractivity contribution is 7.13. The third-order valence-corrected chi connectivity index (χ3v) is 4.90. The van der Waals surface area contributed by atoms with E-state index in [2.05, 4.69) is 15.0 Å². The fourth-order valence-electron chi connectivity index (χ4n) is 2.62. The van der Waals surface area contributed by atoms with Gasteiger partial charge in [0.2, 0.25) is 0 Å². The van der Waals surface area contributed by atoms with Gasteiger partial charge in [-0.1, -0.05) is 12.1 Å². The molecule has 0 aliphatic heterocycles. The highest BCUT2D eigenvalue weighted by atomic mass is 32.1. The minimum atomic E-state index is -4.74. The average molecular weight is 356 g/mol. The second kappa shape index (κ2) is 5.77. The van der Waals surface area contributed by atoms with E-state index in [9.17, 15) is 18.0 Å². The van der Waals surface area contributed by atoms with E-state index in [0.717, 1.165) is 5.01 Å². The largest absolute Gasteiger partial charge is 0.573 e. The number of aryl methyl sites for hydroxylation is 2. The van der Waals surface area contributed by atoms with Crippen molar-refractivity contribution in [3.05, 3.63) is 45.4 Å². The summed E-state index contributed by atoms with van der Waals surface area (Å²) < 4.78 is 41.1. The first kappa shape index (κ1) is 16.8. The maximum Gasteiger partial charge on any atom is 0.573 e. The molecular weight excluding hydrogens is 341 g/mol. The number of thiazole rings is 1. The van der Waals surface area contributed by atoms with E-state index in [-0.39, 0.29) is 11.7 Å². The van der Waals surface area contributed by atoms with Gasteiger partial charge in [-0.3, -0.25) is 4.79 Å². The first-order valence-electron chi connectivity index (χ1n) is 7.31. The summed E-state index contributed by atoms with van der Waals surface area (Å²) >= 11 is 1.30. The number of aromatic nitrogens is 1. The molecule has 1 aromatic heterocycles. The first-order valence-corrected chi connectivity index (χ1v) is 8.13. The van der Waals surface area contributed by atoms with Gasteiger partial charge in [-0.2, -0.15) is 0 Å². The maximum atomic E-state index is 12.5. The van der Waals surface area contributed by atoms with Gasteiger partial charge in [0, 0.05) is 0 Å². The highest BCUT2D eigenvalue weighted by Gasteiger charge is 2.46. The second-order valence-corrected chi connectivity index (χ2v) is 6.96. The monoisotopic (exact) mass is 356 g/mol. The Morgan fingerprint density at radius 1 is 1.33 bits per heavy atom. The number of amides is 1. The van der Waals surface area contributed by atoms with Crippen LogP contribution in [0.25, 0.3) is 0 Å². The smallest absolute Gasteiger partial charge is 0.406 e. The number of nitrogens with one attached hydrogen (secondary N) is 1. The number of hydrogen-bond donors (Lipinski definition) is 1. The Kier molecular flexibility index (Phi) is 4.03. The summed E-state index contributed by atoms with van der Waals surface area (Å²) in [7, 11) is 0. The van der Waals surface area contributed by atoms with Crippen molar-refractivity contribution in [1.82, 2.24) is 10.3 Å². The van der Waals surface area contributed by atoms with Crippen LogP contribution < -0.4 is 10.1 Å². The number of benzene rings is 1. The summed E-state index contributed by atoms with van der Waals surface area (Å²) in [5.41, 5.74) is 0.628. The van der Waals surface area contributed by atoms with Crippen LogP contribution >= 0.6 is 11.3 Å². The molecule has 0 atom stereocenters. The zero-order valence-corrected chi connectivity index (χ0v) is 13.8. The van der Waals surface area contributed by atoms with Crippen LogP contribution in [0.5, 0.6) is 5.75 Å². The van der Waals surface area contributed by atoms with Crippen molar-refractivity contribution in [2.24, 2.45) is 0 Å². The van der Waals surface area contributed by atoms with Crippen LogP contribution in [0.2, 0.25) is 0 Å². The number of halogens is 3. The summed E-state index contributed by atoms with van der Waals surface area (Å²) in [5.74, 6) is -0.539.